The minimum Gasteiger partial charge on any atom is -0.384 e. The molecular weight excluding hydrogens is 210 g/mol. The van der Waals surface area contributed by atoms with E-state index in [1.54, 1.807) is 0 Å². The third kappa shape index (κ3) is 2.85. The van der Waals surface area contributed by atoms with E-state index in [1.165, 1.54) is 58.2 Å². The van der Waals surface area contributed by atoms with Crippen molar-refractivity contribution in [2.45, 2.75) is 52.4 Å². The lowest BCUT2D eigenvalue weighted by Gasteiger charge is -2.49. The van der Waals surface area contributed by atoms with Gasteiger partial charge in [0.05, 0.1) is 6.61 Å². The number of methoxy groups -OCH3 is 1. The van der Waals surface area contributed by atoms with E-state index >= 15 is 0 Å². The SMILES string of the molecule is CC.COCC1(CN2CC3(CCCC3)C2)CC1. The Hall–Kier alpha value is -0.0800. The molecule has 1 aliphatic heterocycles. The van der Waals surface area contributed by atoms with E-state index in [4.69, 9.17) is 4.74 Å². The van der Waals surface area contributed by atoms with E-state index < -0.39 is 0 Å². The van der Waals surface area contributed by atoms with Crippen LogP contribution in [0.5, 0.6) is 0 Å². The molecule has 2 saturated carbocycles. The molecule has 0 atom stereocenters. The van der Waals surface area contributed by atoms with Crippen LogP contribution in [0.3, 0.4) is 0 Å². The van der Waals surface area contributed by atoms with Crippen LogP contribution in [0, 0.1) is 10.8 Å². The molecule has 3 rings (SSSR count). The quantitative estimate of drug-likeness (QED) is 0.746. The van der Waals surface area contributed by atoms with Crippen LogP contribution >= 0.6 is 0 Å². The normalized spacial score (nSPS) is 28.4. The fourth-order valence-electron chi connectivity index (χ4n) is 3.76. The molecule has 0 aromatic carbocycles. The van der Waals surface area contributed by atoms with E-state index in [9.17, 15) is 0 Å². The predicted molar refractivity (Wildman–Crippen MR) is 72.2 cm³/mol. The van der Waals surface area contributed by atoms with Crippen molar-refractivity contribution in [3.8, 4) is 0 Å². The molecule has 0 N–H and O–H groups in total. The first-order valence-corrected chi connectivity index (χ1v) is 7.47. The van der Waals surface area contributed by atoms with Gasteiger partial charge in [-0.1, -0.05) is 26.7 Å². The fraction of sp³-hybridized carbons (Fsp3) is 1.00. The first-order chi connectivity index (χ1) is 8.26. The molecule has 1 saturated heterocycles. The van der Waals surface area contributed by atoms with Crippen molar-refractivity contribution in [3.05, 3.63) is 0 Å². The van der Waals surface area contributed by atoms with E-state index in [0.717, 1.165) is 12.0 Å². The summed E-state index contributed by atoms with van der Waals surface area (Å²) in [7, 11) is 1.84. The van der Waals surface area contributed by atoms with Gasteiger partial charge in [0, 0.05) is 32.2 Å². The van der Waals surface area contributed by atoms with E-state index in [-0.39, 0.29) is 0 Å². The maximum atomic E-state index is 5.33. The highest BCUT2D eigenvalue weighted by molar-refractivity contribution is 5.03. The lowest BCUT2D eigenvalue weighted by Crippen LogP contribution is -2.56. The van der Waals surface area contributed by atoms with Gasteiger partial charge in [0.15, 0.2) is 0 Å². The molecule has 3 fully saturated rings. The van der Waals surface area contributed by atoms with Crippen LogP contribution in [0.4, 0.5) is 0 Å². The van der Waals surface area contributed by atoms with Crippen LogP contribution in [0.15, 0.2) is 0 Å². The maximum Gasteiger partial charge on any atom is 0.0530 e. The largest absolute Gasteiger partial charge is 0.384 e. The predicted octanol–water partition coefficient (Wildman–Crippen LogP) is 3.32. The molecule has 100 valence electrons. The van der Waals surface area contributed by atoms with Gasteiger partial charge in [-0.2, -0.15) is 0 Å². The zero-order chi connectivity index (χ0) is 12.4. The smallest absolute Gasteiger partial charge is 0.0530 e. The molecule has 0 unspecified atom stereocenters. The minimum absolute atomic E-state index is 0.564. The Kier molecular flexibility index (Phi) is 4.14. The topological polar surface area (TPSA) is 12.5 Å². The summed E-state index contributed by atoms with van der Waals surface area (Å²) in [5.41, 5.74) is 1.33. The van der Waals surface area contributed by atoms with Gasteiger partial charge < -0.3 is 9.64 Å². The van der Waals surface area contributed by atoms with Gasteiger partial charge in [-0.15, -0.1) is 0 Å². The molecule has 0 amide bonds. The van der Waals surface area contributed by atoms with Gasteiger partial charge in [-0.25, -0.2) is 0 Å². The second kappa shape index (κ2) is 5.27. The number of ether oxygens (including phenoxy) is 1. The van der Waals surface area contributed by atoms with Crippen molar-refractivity contribution in [1.82, 2.24) is 4.90 Å². The molecule has 3 aliphatic rings. The standard InChI is InChI=1S/C13H23NO.C2H6/c1-15-11-13(6-7-13)10-14-8-12(9-14)4-2-3-5-12;1-2/h2-11H2,1H3;1-2H3. The van der Waals surface area contributed by atoms with Crippen molar-refractivity contribution < 1.29 is 4.74 Å². The van der Waals surface area contributed by atoms with Gasteiger partial charge in [0.2, 0.25) is 0 Å². The highest BCUT2D eigenvalue weighted by Gasteiger charge is 2.50. The molecule has 17 heavy (non-hydrogen) atoms. The Morgan fingerprint density at radius 2 is 1.59 bits per heavy atom. The van der Waals surface area contributed by atoms with Crippen LogP contribution < -0.4 is 0 Å². The van der Waals surface area contributed by atoms with Crippen molar-refractivity contribution in [3.63, 3.8) is 0 Å². The summed E-state index contributed by atoms with van der Waals surface area (Å²) >= 11 is 0. The second-order valence-electron chi connectivity index (χ2n) is 6.29. The fourth-order valence-corrected chi connectivity index (χ4v) is 3.76. The van der Waals surface area contributed by atoms with Crippen molar-refractivity contribution >= 4 is 0 Å². The zero-order valence-electron chi connectivity index (χ0n) is 11.9. The van der Waals surface area contributed by atoms with Crippen LogP contribution in [0.2, 0.25) is 0 Å². The van der Waals surface area contributed by atoms with Crippen LogP contribution in [0.25, 0.3) is 0 Å². The molecule has 0 aromatic heterocycles. The van der Waals surface area contributed by atoms with Crippen molar-refractivity contribution in [2.75, 3.05) is 33.4 Å². The minimum atomic E-state index is 0.564. The van der Waals surface area contributed by atoms with Crippen molar-refractivity contribution in [2.24, 2.45) is 10.8 Å². The first kappa shape index (κ1) is 13.4. The summed E-state index contributed by atoms with van der Waals surface area (Å²) in [4.78, 5) is 2.68. The molecule has 1 spiro atoms. The summed E-state index contributed by atoms with van der Waals surface area (Å²) < 4.78 is 5.33. The Balaban J connectivity index is 0.000000514. The Morgan fingerprint density at radius 1 is 1.00 bits per heavy atom. The average molecular weight is 239 g/mol. The van der Waals surface area contributed by atoms with Crippen LogP contribution in [-0.4, -0.2) is 38.3 Å². The summed E-state index contributed by atoms with van der Waals surface area (Å²) in [6.45, 7) is 9.07. The lowest BCUT2D eigenvalue weighted by atomic mass is 9.77. The molecule has 2 heteroatoms. The number of likely N-dealkylation sites (tertiary alicyclic amines) is 1. The summed E-state index contributed by atoms with van der Waals surface area (Å²) in [6.07, 6.45) is 8.75. The highest BCUT2D eigenvalue weighted by Crippen LogP contribution is 2.51. The maximum absolute atomic E-state index is 5.33. The first-order valence-electron chi connectivity index (χ1n) is 7.47. The summed E-state index contributed by atoms with van der Waals surface area (Å²) in [5, 5.41) is 0. The van der Waals surface area contributed by atoms with Gasteiger partial charge in [-0.05, 0) is 31.1 Å². The van der Waals surface area contributed by atoms with E-state index in [0.29, 0.717) is 5.41 Å². The lowest BCUT2D eigenvalue weighted by molar-refractivity contribution is -0.0188. The number of nitrogens with zero attached hydrogens (tertiary/aromatic N) is 1. The van der Waals surface area contributed by atoms with E-state index in [2.05, 4.69) is 4.90 Å². The summed E-state index contributed by atoms with van der Waals surface area (Å²) in [6, 6.07) is 0. The van der Waals surface area contributed by atoms with Gasteiger partial charge in [-0.3, -0.25) is 0 Å². The van der Waals surface area contributed by atoms with Gasteiger partial charge in [0.1, 0.15) is 0 Å². The Labute approximate surface area is 107 Å². The number of hydrogen-bond donors (Lipinski definition) is 0. The van der Waals surface area contributed by atoms with Crippen LogP contribution in [0.1, 0.15) is 52.4 Å². The molecule has 0 radical (unpaired) electrons. The molecule has 0 bridgehead atoms. The van der Waals surface area contributed by atoms with E-state index in [1.807, 2.05) is 21.0 Å². The average Bonchev–Trinajstić information content (AvgIpc) is 2.88. The van der Waals surface area contributed by atoms with Gasteiger partial charge in [0.25, 0.3) is 0 Å². The van der Waals surface area contributed by atoms with Crippen LogP contribution in [-0.2, 0) is 4.74 Å². The summed E-state index contributed by atoms with van der Waals surface area (Å²) in [5.74, 6) is 0. The Morgan fingerprint density at radius 3 is 2.06 bits per heavy atom. The second-order valence-corrected chi connectivity index (χ2v) is 6.29. The van der Waals surface area contributed by atoms with Crippen molar-refractivity contribution in [1.29, 1.82) is 0 Å². The highest BCUT2D eigenvalue weighted by atomic mass is 16.5. The number of hydrogen-bond acceptors (Lipinski definition) is 2. The number of rotatable bonds is 4. The Bertz CT molecular complexity index is 233. The van der Waals surface area contributed by atoms with Gasteiger partial charge >= 0.3 is 0 Å². The monoisotopic (exact) mass is 239 g/mol. The third-order valence-corrected chi connectivity index (χ3v) is 4.75. The third-order valence-electron chi connectivity index (χ3n) is 4.75. The molecule has 2 nitrogen and oxygen atoms in total. The molecular formula is C15H29NO. The molecule has 2 aliphatic carbocycles. The molecule has 0 aromatic rings. The molecule has 1 heterocycles. The zero-order valence-corrected chi connectivity index (χ0v) is 11.9.